The number of rotatable bonds is 7. The van der Waals surface area contributed by atoms with Gasteiger partial charge in [0.1, 0.15) is 0 Å². The highest BCUT2D eigenvalue weighted by molar-refractivity contribution is 4.93. The number of nitrogens with one attached hydrogen (secondary N) is 1. The lowest BCUT2D eigenvalue weighted by atomic mass is 9.98. The van der Waals surface area contributed by atoms with Gasteiger partial charge in [0.05, 0.1) is 11.8 Å². The normalized spacial score (nSPS) is 23.5. The quantitative estimate of drug-likeness (QED) is 0.822. The molecule has 0 radical (unpaired) electrons. The Labute approximate surface area is 133 Å². The average Bonchev–Trinajstić information content (AvgIpc) is 3.20. The van der Waals surface area contributed by atoms with Gasteiger partial charge in [-0.1, -0.05) is 12.1 Å². The maximum atomic E-state index is 5.74. The Morgan fingerprint density at radius 1 is 1.36 bits per heavy atom. The van der Waals surface area contributed by atoms with Crippen molar-refractivity contribution < 1.29 is 4.74 Å². The predicted octanol–water partition coefficient (Wildman–Crippen LogP) is 1.28. The summed E-state index contributed by atoms with van der Waals surface area (Å²) in [6.45, 7) is 9.32. The first kappa shape index (κ1) is 15.9. The Hall–Kier alpha value is -0.980. The summed E-state index contributed by atoms with van der Waals surface area (Å²) < 4.78 is 7.77. The van der Waals surface area contributed by atoms with Crippen LogP contribution in [0.15, 0.2) is 6.20 Å². The third kappa shape index (κ3) is 4.51. The average molecular weight is 307 g/mol. The molecule has 3 heterocycles. The van der Waals surface area contributed by atoms with Gasteiger partial charge >= 0.3 is 0 Å². The number of hydrogen-bond donors (Lipinski definition) is 1. The lowest BCUT2D eigenvalue weighted by molar-refractivity contribution is 0.0721. The van der Waals surface area contributed by atoms with Gasteiger partial charge in [-0.3, -0.25) is 9.58 Å². The van der Waals surface area contributed by atoms with Crippen LogP contribution in [-0.4, -0.2) is 58.8 Å². The number of likely N-dealkylation sites (N-methyl/N-ethyl adjacent to an activating group) is 1. The van der Waals surface area contributed by atoms with E-state index in [0.717, 1.165) is 57.5 Å². The standard InChI is InChI=1S/C16H29N5O/c1-2-20(13-16-4-3-9-22-16)11-15-12-21(19-18-15)10-14-5-7-17-8-6-14/h12,14,16-17H,2-11,13H2,1H3. The van der Waals surface area contributed by atoms with E-state index >= 15 is 0 Å². The highest BCUT2D eigenvalue weighted by atomic mass is 16.5. The summed E-state index contributed by atoms with van der Waals surface area (Å²) in [4.78, 5) is 2.41. The van der Waals surface area contributed by atoms with E-state index in [2.05, 4.69) is 33.6 Å². The lowest BCUT2D eigenvalue weighted by Gasteiger charge is -2.22. The van der Waals surface area contributed by atoms with Gasteiger partial charge in [-0.25, -0.2) is 0 Å². The van der Waals surface area contributed by atoms with Crippen LogP contribution in [0.2, 0.25) is 0 Å². The Morgan fingerprint density at radius 2 is 2.23 bits per heavy atom. The van der Waals surface area contributed by atoms with Gasteiger partial charge in [0, 0.05) is 32.4 Å². The number of nitrogens with zero attached hydrogens (tertiary/aromatic N) is 4. The minimum atomic E-state index is 0.407. The molecule has 6 nitrogen and oxygen atoms in total. The molecule has 0 aliphatic carbocycles. The van der Waals surface area contributed by atoms with E-state index in [1.165, 1.54) is 25.7 Å². The minimum Gasteiger partial charge on any atom is -0.377 e. The van der Waals surface area contributed by atoms with Crippen LogP contribution in [0.25, 0.3) is 0 Å². The maximum Gasteiger partial charge on any atom is 0.0967 e. The SMILES string of the molecule is CCN(Cc1cn(CC2CCNCC2)nn1)CC1CCCO1. The summed E-state index contributed by atoms with van der Waals surface area (Å²) in [7, 11) is 0. The zero-order chi connectivity index (χ0) is 15.2. The minimum absolute atomic E-state index is 0.407. The van der Waals surface area contributed by atoms with Crippen molar-refractivity contribution in [2.24, 2.45) is 5.92 Å². The Kier molecular flexibility index (Phi) is 5.81. The van der Waals surface area contributed by atoms with Crippen molar-refractivity contribution in [1.29, 1.82) is 0 Å². The summed E-state index contributed by atoms with van der Waals surface area (Å²) in [5.74, 6) is 0.741. The van der Waals surface area contributed by atoms with Crippen molar-refractivity contribution in [3.63, 3.8) is 0 Å². The van der Waals surface area contributed by atoms with E-state index in [-0.39, 0.29) is 0 Å². The molecule has 0 aromatic carbocycles. The first-order chi connectivity index (χ1) is 10.8. The van der Waals surface area contributed by atoms with Crippen molar-refractivity contribution in [1.82, 2.24) is 25.2 Å². The predicted molar refractivity (Wildman–Crippen MR) is 85.5 cm³/mol. The fourth-order valence-electron chi connectivity index (χ4n) is 3.44. The van der Waals surface area contributed by atoms with Crippen LogP contribution in [0.1, 0.15) is 38.3 Å². The van der Waals surface area contributed by atoms with Gasteiger partial charge in [-0.05, 0) is 51.2 Å². The second kappa shape index (κ2) is 8.04. The molecule has 0 bridgehead atoms. The molecule has 1 unspecified atom stereocenters. The van der Waals surface area contributed by atoms with Crippen LogP contribution in [0, 0.1) is 5.92 Å². The molecule has 124 valence electrons. The van der Waals surface area contributed by atoms with E-state index in [1.54, 1.807) is 0 Å². The topological polar surface area (TPSA) is 55.2 Å². The molecule has 22 heavy (non-hydrogen) atoms. The molecule has 1 N–H and O–H groups in total. The molecule has 2 aliphatic heterocycles. The summed E-state index contributed by atoms with van der Waals surface area (Å²) in [5.41, 5.74) is 1.08. The highest BCUT2D eigenvalue weighted by Gasteiger charge is 2.19. The number of hydrogen-bond acceptors (Lipinski definition) is 5. The summed E-state index contributed by atoms with van der Waals surface area (Å²) in [6.07, 6.45) is 7.42. The van der Waals surface area contributed by atoms with Gasteiger partial charge in [0.25, 0.3) is 0 Å². The Bertz CT molecular complexity index is 437. The smallest absolute Gasteiger partial charge is 0.0967 e. The highest BCUT2D eigenvalue weighted by Crippen LogP contribution is 2.16. The van der Waals surface area contributed by atoms with Gasteiger partial charge in [0.15, 0.2) is 0 Å². The van der Waals surface area contributed by atoms with Crippen LogP contribution in [-0.2, 0) is 17.8 Å². The number of aromatic nitrogens is 3. The van der Waals surface area contributed by atoms with Crippen molar-refractivity contribution in [2.75, 3.05) is 32.8 Å². The van der Waals surface area contributed by atoms with Crippen LogP contribution >= 0.6 is 0 Å². The molecule has 1 atom stereocenters. The van der Waals surface area contributed by atoms with E-state index in [0.29, 0.717) is 6.10 Å². The number of ether oxygens (including phenoxy) is 1. The van der Waals surface area contributed by atoms with Crippen LogP contribution in [0.4, 0.5) is 0 Å². The van der Waals surface area contributed by atoms with Crippen molar-refractivity contribution in [3.05, 3.63) is 11.9 Å². The fraction of sp³-hybridized carbons (Fsp3) is 0.875. The second-order valence-corrected chi connectivity index (χ2v) is 6.59. The number of piperidine rings is 1. The molecule has 0 saturated carbocycles. The molecular weight excluding hydrogens is 278 g/mol. The molecular formula is C16H29N5O. The molecule has 3 rings (SSSR count). The summed E-state index contributed by atoms with van der Waals surface area (Å²) in [6, 6.07) is 0. The van der Waals surface area contributed by atoms with Crippen LogP contribution in [0.5, 0.6) is 0 Å². The van der Waals surface area contributed by atoms with E-state index < -0.39 is 0 Å². The maximum absolute atomic E-state index is 5.74. The lowest BCUT2D eigenvalue weighted by Crippen LogP contribution is -2.31. The largest absolute Gasteiger partial charge is 0.377 e. The molecule has 6 heteroatoms. The third-order valence-electron chi connectivity index (χ3n) is 4.81. The summed E-state index contributed by atoms with van der Waals surface area (Å²) >= 11 is 0. The summed E-state index contributed by atoms with van der Waals surface area (Å²) in [5, 5.41) is 12.1. The van der Waals surface area contributed by atoms with Crippen molar-refractivity contribution in [2.45, 2.75) is 51.8 Å². The monoisotopic (exact) mass is 307 g/mol. The molecule has 2 saturated heterocycles. The molecule has 2 aliphatic rings. The van der Waals surface area contributed by atoms with Gasteiger partial charge < -0.3 is 10.1 Å². The Morgan fingerprint density at radius 3 is 2.95 bits per heavy atom. The van der Waals surface area contributed by atoms with Crippen LogP contribution in [0.3, 0.4) is 0 Å². The molecule has 0 spiro atoms. The van der Waals surface area contributed by atoms with Gasteiger partial charge in [-0.15, -0.1) is 5.10 Å². The van der Waals surface area contributed by atoms with E-state index in [9.17, 15) is 0 Å². The zero-order valence-electron chi connectivity index (χ0n) is 13.7. The van der Waals surface area contributed by atoms with Gasteiger partial charge in [0.2, 0.25) is 0 Å². The van der Waals surface area contributed by atoms with Crippen molar-refractivity contribution >= 4 is 0 Å². The van der Waals surface area contributed by atoms with Crippen molar-refractivity contribution in [3.8, 4) is 0 Å². The first-order valence-corrected chi connectivity index (χ1v) is 8.77. The van der Waals surface area contributed by atoms with Crippen LogP contribution < -0.4 is 5.32 Å². The first-order valence-electron chi connectivity index (χ1n) is 8.77. The molecule has 0 amide bonds. The zero-order valence-corrected chi connectivity index (χ0v) is 13.7. The van der Waals surface area contributed by atoms with Gasteiger partial charge in [-0.2, -0.15) is 0 Å². The van der Waals surface area contributed by atoms with E-state index in [4.69, 9.17) is 4.74 Å². The fourth-order valence-corrected chi connectivity index (χ4v) is 3.44. The second-order valence-electron chi connectivity index (χ2n) is 6.59. The third-order valence-corrected chi connectivity index (χ3v) is 4.81. The molecule has 1 aromatic rings. The van der Waals surface area contributed by atoms with E-state index in [1.807, 2.05) is 4.68 Å². The Balaban J connectivity index is 1.48. The molecule has 1 aromatic heterocycles. The molecule has 2 fully saturated rings.